The highest BCUT2D eigenvalue weighted by molar-refractivity contribution is 6.30. The van der Waals surface area contributed by atoms with Crippen LogP contribution in [0.1, 0.15) is 29.6 Å². The molecule has 0 saturated carbocycles. The number of anilines is 2. The maximum Gasteiger partial charge on any atom is 0.326 e. The molecule has 0 aliphatic carbocycles. The second kappa shape index (κ2) is 9.92. The number of aliphatic hydroxyl groups is 1. The van der Waals surface area contributed by atoms with Crippen LogP contribution in [0.2, 0.25) is 5.02 Å². The average molecular weight is 478 g/mol. The quantitative estimate of drug-likeness (QED) is 0.492. The maximum absolute atomic E-state index is 14.7. The predicted molar refractivity (Wildman–Crippen MR) is 121 cm³/mol. The Balaban J connectivity index is 1.42. The van der Waals surface area contributed by atoms with Crippen LogP contribution in [0, 0.1) is 11.0 Å². The molecule has 4 N–H and O–H groups in total. The molecule has 33 heavy (non-hydrogen) atoms. The summed E-state index contributed by atoms with van der Waals surface area (Å²) in [6, 6.07) is 9.78. The third kappa shape index (κ3) is 5.36. The molecule has 2 saturated heterocycles. The van der Waals surface area contributed by atoms with Crippen LogP contribution in [-0.2, 0) is 0 Å². The molecule has 176 valence electrons. The Kier molecular flexibility index (Phi) is 6.99. The van der Waals surface area contributed by atoms with Gasteiger partial charge in [-0.05, 0) is 55.3 Å². The minimum absolute atomic E-state index is 0.0209. The van der Waals surface area contributed by atoms with Crippen molar-refractivity contribution in [1.29, 1.82) is 0 Å². The minimum Gasteiger partial charge on any atom is -0.606 e. The number of benzene rings is 2. The molecule has 3 atom stereocenters. The summed E-state index contributed by atoms with van der Waals surface area (Å²) in [6.07, 6.45) is 0.00206. The van der Waals surface area contributed by atoms with Crippen LogP contribution < -0.4 is 15.9 Å². The van der Waals surface area contributed by atoms with Crippen LogP contribution in [0.5, 0.6) is 0 Å². The van der Waals surface area contributed by atoms with Crippen molar-refractivity contribution < 1.29 is 24.3 Å². The third-order valence-corrected chi connectivity index (χ3v) is 6.06. The number of amides is 3. The molecule has 0 radical (unpaired) electrons. The topological polar surface area (TPSA) is 112 Å². The van der Waals surface area contributed by atoms with Gasteiger partial charge in [0.1, 0.15) is 5.69 Å². The second-order valence-corrected chi connectivity index (χ2v) is 8.61. The zero-order valence-corrected chi connectivity index (χ0v) is 18.5. The molecule has 11 heteroatoms. The fourth-order valence-corrected chi connectivity index (χ4v) is 4.21. The van der Waals surface area contributed by atoms with Crippen molar-refractivity contribution in [3.05, 3.63) is 64.1 Å². The van der Waals surface area contributed by atoms with E-state index in [9.17, 15) is 24.3 Å². The Morgan fingerprint density at radius 1 is 1.15 bits per heavy atom. The molecular formula is C22H25ClFN5O4. The van der Waals surface area contributed by atoms with Crippen LogP contribution in [-0.4, -0.2) is 58.7 Å². The lowest BCUT2D eigenvalue weighted by Gasteiger charge is -2.34. The fourth-order valence-electron chi connectivity index (χ4n) is 4.08. The molecular weight excluding hydrogens is 453 g/mol. The Labute approximate surface area is 195 Å². The first kappa shape index (κ1) is 23.2. The average Bonchev–Trinajstić information content (AvgIpc) is 3.46. The predicted octanol–water partition coefficient (Wildman–Crippen LogP) is 2.05. The van der Waals surface area contributed by atoms with Gasteiger partial charge in [-0.2, -0.15) is 0 Å². The molecule has 2 aromatic carbocycles. The van der Waals surface area contributed by atoms with Crippen molar-refractivity contribution >= 4 is 34.9 Å². The lowest BCUT2D eigenvalue weighted by atomic mass is 10.1. The van der Waals surface area contributed by atoms with E-state index in [1.165, 1.54) is 17.0 Å². The highest BCUT2D eigenvalue weighted by atomic mass is 35.5. The highest BCUT2D eigenvalue weighted by Crippen LogP contribution is 2.20. The van der Waals surface area contributed by atoms with Gasteiger partial charge in [-0.15, -0.1) is 0 Å². The van der Waals surface area contributed by atoms with Crippen LogP contribution in [0.25, 0.3) is 0 Å². The van der Waals surface area contributed by atoms with Crippen LogP contribution >= 0.6 is 11.6 Å². The number of hydroxylamine groups is 1. The van der Waals surface area contributed by atoms with Gasteiger partial charge >= 0.3 is 6.03 Å². The van der Waals surface area contributed by atoms with E-state index >= 15 is 0 Å². The molecule has 2 aliphatic rings. The van der Waals surface area contributed by atoms with Gasteiger partial charge in [-0.3, -0.25) is 14.9 Å². The van der Waals surface area contributed by atoms with E-state index in [-0.39, 0.29) is 30.1 Å². The van der Waals surface area contributed by atoms with E-state index in [2.05, 4.69) is 10.7 Å². The zero-order valence-electron chi connectivity index (χ0n) is 17.8. The minimum atomic E-state index is -0.988. The van der Waals surface area contributed by atoms with Crippen molar-refractivity contribution in [2.75, 3.05) is 30.4 Å². The van der Waals surface area contributed by atoms with Gasteiger partial charge in [0.25, 0.3) is 5.91 Å². The smallest absolute Gasteiger partial charge is 0.326 e. The first-order valence-corrected chi connectivity index (χ1v) is 11.1. The summed E-state index contributed by atoms with van der Waals surface area (Å²) < 4.78 is 14.7. The number of β-amino-alcohol motifs (C(OH)–C–C–N with tert-alkyl or cyclic N) is 1. The number of hydrogen-bond donors (Lipinski definition) is 4. The lowest BCUT2D eigenvalue weighted by Crippen LogP contribution is -3.16. The standard InChI is InChI=1S/C22H25ClFN5O4/c23-15-4-6-16(7-5-15)25-22(32)28-13-17(30)12-20(28)29(33)26-19-8-3-14(11-18(19)24)21(31)27-9-1-2-10-27/h3-8,11,17,20,26,29-30H,1-2,9-10,12-13H2,(H,25,32)/t17-,20+/m1/s1. The molecule has 0 bridgehead atoms. The zero-order chi connectivity index (χ0) is 23.5. The molecule has 0 spiro atoms. The van der Waals surface area contributed by atoms with Crippen LogP contribution in [0.3, 0.4) is 0 Å². The number of urea groups is 1. The number of likely N-dealkylation sites (tertiary alicyclic amines) is 2. The number of halogens is 2. The molecule has 3 amide bonds. The van der Waals surface area contributed by atoms with Crippen molar-refractivity contribution in [3.63, 3.8) is 0 Å². The van der Waals surface area contributed by atoms with Crippen LogP contribution in [0.4, 0.5) is 20.6 Å². The Hall–Kier alpha value is -2.92. The Bertz CT molecular complexity index is 1020. The number of nitrogens with one attached hydrogen (secondary N) is 3. The summed E-state index contributed by atoms with van der Waals surface area (Å²) in [7, 11) is 0. The largest absolute Gasteiger partial charge is 0.606 e. The van der Waals surface area contributed by atoms with Gasteiger partial charge in [0, 0.05) is 29.4 Å². The Morgan fingerprint density at radius 2 is 1.85 bits per heavy atom. The molecule has 9 nitrogen and oxygen atoms in total. The summed E-state index contributed by atoms with van der Waals surface area (Å²) in [5, 5.41) is 25.4. The lowest BCUT2D eigenvalue weighted by molar-refractivity contribution is -0.863. The van der Waals surface area contributed by atoms with Crippen LogP contribution in [0.15, 0.2) is 42.5 Å². The molecule has 1 unspecified atom stereocenters. The van der Waals surface area contributed by atoms with Crippen molar-refractivity contribution in [2.45, 2.75) is 31.5 Å². The molecule has 2 fully saturated rings. The van der Waals surface area contributed by atoms with E-state index in [0.717, 1.165) is 18.9 Å². The number of carbonyl (C=O) groups is 2. The summed E-state index contributed by atoms with van der Waals surface area (Å²) in [5.74, 6) is -0.989. The van der Waals surface area contributed by atoms with Gasteiger partial charge in [0.05, 0.1) is 19.1 Å². The normalized spacial score (nSPS) is 21.2. The SMILES string of the molecule is O=C(c1ccc(N[NH+]([O-])[C@H]2C[C@@H](O)CN2C(=O)Nc2ccc(Cl)cc2)c(F)c1)N1CCCC1. The van der Waals surface area contributed by atoms with E-state index in [1.807, 2.05) is 0 Å². The van der Waals surface area contributed by atoms with Crippen molar-refractivity contribution in [3.8, 4) is 0 Å². The van der Waals surface area contributed by atoms with E-state index in [1.54, 1.807) is 29.2 Å². The number of hydrogen-bond acceptors (Lipinski definition) is 5. The summed E-state index contributed by atoms with van der Waals surface area (Å²) in [4.78, 5) is 28.0. The number of quaternary nitrogens is 1. The van der Waals surface area contributed by atoms with Crippen molar-refractivity contribution in [2.24, 2.45) is 0 Å². The maximum atomic E-state index is 14.7. The molecule has 0 aromatic heterocycles. The van der Waals surface area contributed by atoms with E-state index in [4.69, 9.17) is 11.6 Å². The van der Waals surface area contributed by atoms with Gasteiger partial charge in [-0.1, -0.05) is 11.6 Å². The third-order valence-electron chi connectivity index (χ3n) is 5.81. The molecule has 4 rings (SSSR count). The first-order valence-electron chi connectivity index (χ1n) is 10.7. The molecule has 2 aliphatic heterocycles. The van der Waals surface area contributed by atoms with Gasteiger partial charge < -0.3 is 20.5 Å². The highest BCUT2D eigenvalue weighted by Gasteiger charge is 2.39. The number of carbonyl (C=O) groups excluding carboxylic acids is 2. The van der Waals surface area contributed by atoms with E-state index in [0.29, 0.717) is 23.8 Å². The number of nitrogens with zero attached hydrogens (tertiary/aromatic N) is 2. The summed E-state index contributed by atoms with van der Waals surface area (Å²) in [6.45, 7) is 1.26. The summed E-state index contributed by atoms with van der Waals surface area (Å²) in [5.41, 5.74) is 3.07. The summed E-state index contributed by atoms with van der Waals surface area (Å²) >= 11 is 5.85. The number of aliphatic hydroxyl groups excluding tert-OH is 1. The monoisotopic (exact) mass is 477 g/mol. The van der Waals surface area contributed by atoms with E-state index < -0.39 is 29.3 Å². The fraction of sp³-hybridized carbons (Fsp3) is 0.364. The second-order valence-electron chi connectivity index (χ2n) is 8.18. The molecule has 2 aromatic rings. The Morgan fingerprint density at radius 3 is 2.52 bits per heavy atom. The molecule has 2 heterocycles. The van der Waals surface area contributed by atoms with Gasteiger partial charge in [-0.25, -0.2) is 14.6 Å². The number of rotatable bonds is 5. The van der Waals surface area contributed by atoms with Gasteiger partial charge in [0.2, 0.25) is 0 Å². The first-order chi connectivity index (χ1) is 15.8. The van der Waals surface area contributed by atoms with Crippen molar-refractivity contribution in [1.82, 2.24) is 9.80 Å². The van der Waals surface area contributed by atoms with Gasteiger partial charge in [0.15, 0.2) is 12.0 Å².